The van der Waals surface area contributed by atoms with E-state index in [1.807, 2.05) is 27.7 Å². The van der Waals surface area contributed by atoms with E-state index in [0.717, 1.165) is 0 Å². The summed E-state index contributed by atoms with van der Waals surface area (Å²) < 4.78 is 73.2. The Morgan fingerprint density at radius 1 is 0.783 bits per heavy atom. The van der Waals surface area contributed by atoms with Crippen LogP contribution in [0.4, 0.5) is 13.2 Å². The van der Waals surface area contributed by atoms with Crippen molar-refractivity contribution in [3.63, 3.8) is 0 Å². The lowest BCUT2D eigenvalue weighted by Crippen LogP contribution is -2.42. The lowest BCUT2D eigenvalue weighted by atomic mass is 9.99. The van der Waals surface area contributed by atoms with Crippen LogP contribution in [0.2, 0.25) is 28.2 Å². The number of benzene rings is 4. The molecule has 0 saturated carbocycles. The van der Waals surface area contributed by atoms with Crippen LogP contribution < -0.4 is 15.6 Å². The second-order valence-electron chi connectivity index (χ2n) is 19.2. The molecule has 0 aliphatic heterocycles. The van der Waals surface area contributed by atoms with E-state index in [1.54, 1.807) is 46.4 Å². The number of halogens is 5. The normalized spacial score (nSPS) is 13.0. The van der Waals surface area contributed by atoms with Crippen molar-refractivity contribution >= 4 is 65.3 Å². The summed E-state index contributed by atoms with van der Waals surface area (Å²) in [5.41, 5.74) is 0.233. The van der Waals surface area contributed by atoms with Crippen LogP contribution in [0.25, 0.3) is 21.8 Å². The number of nitrogens with zero attached hydrogens (tertiary/aromatic N) is 2. The Labute approximate surface area is 413 Å². The molecule has 16 heteroatoms. The number of carbonyl (C=O) groups excluding carboxylic acids is 1. The molecule has 0 saturated heterocycles. The van der Waals surface area contributed by atoms with Gasteiger partial charge in [-0.2, -0.15) is 0 Å². The molecular weight excluding hydrogens is 949 g/mol. The lowest BCUT2D eigenvalue weighted by Gasteiger charge is -2.38. The smallest absolute Gasteiger partial charge is 0.343 e. The zero-order valence-corrected chi connectivity index (χ0v) is 43.4. The zero-order chi connectivity index (χ0) is 52.2. The summed E-state index contributed by atoms with van der Waals surface area (Å²) in [5.74, 6) is -3.41. The molecule has 0 spiro atoms. The van der Waals surface area contributed by atoms with Gasteiger partial charge in [0.25, 0.3) is 0 Å². The summed E-state index contributed by atoms with van der Waals surface area (Å²) in [5, 5.41) is 9.79. The molecule has 0 aliphatic rings. The summed E-state index contributed by atoms with van der Waals surface area (Å²) >= 11 is 11.8. The Morgan fingerprint density at radius 2 is 1.30 bits per heavy atom. The minimum absolute atomic E-state index is 0.00644. The van der Waals surface area contributed by atoms with E-state index in [0.29, 0.717) is 34.5 Å². The number of carbonyl (C=O) groups is 2. The zero-order valence-electron chi connectivity index (χ0n) is 41.9. The third-order valence-electron chi connectivity index (χ3n) is 12.9. The SMILES string of the molecule is CCOC(=O)c1cn([C@H](CO[Si](C)(C)C(C)(C)C)C(C)C)c2cc(F)c(Cc3cccc(Cl)c3F)cc2c1=O.[2H]C[C@H](C(C)C)n1cc(C(=O)O)c(=O)c2cc(Cc3cccc(Cl)c3F)c(OC)cc21. The first-order chi connectivity index (χ1) is 32.8. The standard InChI is InChI=1S/C30H38ClF2NO4Si.C23H23ClFNO4/c1-9-37-29(36)22-16-34(26(18(2)3)17-38-39(7,8)30(4,5)6)25-15-24(32)20(14-21(25)28(22)35)13-19-11-10-12-23(31)27(19)33;1-12(2)13(3)26-11-17(23(28)29)22(27)16-9-15(20(30-4)10-19(16)26)8-14-6-5-7-18(24)21(14)25/h10-12,14-16,18,26H,9,13,17H2,1-8H3;5-7,9-13H,8H2,1-4H3,(H,28,29)/t26-;13-/m11/s1/i;3D. The Morgan fingerprint density at radius 3 is 1.80 bits per heavy atom. The van der Waals surface area contributed by atoms with Crippen LogP contribution in [-0.2, 0) is 22.0 Å². The molecule has 10 nitrogen and oxygen atoms in total. The first kappa shape index (κ1) is 52.9. The van der Waals surface area contributed by atoms with Gasteiger partial charge in [0.05, 0.1) is 47.4 Å². The highest BCUT2D eigenvalue weighted by atomic mass is 35.5. The molecule has 0 aliphatic carbocycles. The van der Waals surface area contributed by atoms with E-state index in [2.05, 4.69) is 33.9 Å². The Balaban J connectivity index is 0.000000267. The minimum Gasteiger partial charge on any atom is -0.496 e. The number of aromatic carboxylic acids is 1. The summed E-state index contributed by atoms with van der Waals surface area (Å²) in [4.78, 5) is 51.0. The number of pyridine rings is 2. The Hall–Kier alpha value is -5.41. The van der Waals surface area contributed by atoms with Gasteiger partial charge in [0.15, 0.2) is 8.32 Å². The van der Waals surface area contributed by atoms with Gasteiger partial charge in [-0.1, -0.05) is 95.9 Å². The number of ether oxygens (including phenoxy) is 2. The summed E-state index contributed by atoms with van der Waals surface area (Å²) in [6, 6.07) is 14.4. The summed E-state index contributed by atoms with van der Waals surface area (Å²) in [6.45, 7) is 20.7. The number of methoxy groups -OCH3 is 1. The van der Waals surface area contributed by atoms with Crippen LogP contribution in [0.15, 0.2) is 82.6 Å². The first-order valence-electron chi connectivity index (χ1n) is 23.3. The molecule has 0 fully saturated rings. The molecule has 6 rings (SSSR count). The van der Waals surface area contributed by atoms with Gasteiger partial charge in [-0.25, -0.2) is 22.8 Å². The molecule has 6 aromatic rings. The Kier molecular flexibility index (Phi) is 17.0. The fourth-order valence-electron chi connectivity index (χ4n) is 7.56. The monoisotopic (exact) mass is 1010 g/mol. The van der Waals surface area contributed by atoms with E-state index >= 15 is 4.39 Å². The highest BCUT2D eigenvalue weighted by Gasteiger charge is 2.38. The number of fused-ring (bicyclic) bond motifs is 2. The fraction of sp³-hybridized carbons (Fsp3) is 0.396. The van der Waals surface area contributed by atoms with Crippen molar-refractivity contribution < 1.29 is 43.1 Å². The van der Waals surface area contributed by atoms with E-state index < -0.39 is 48.6 Å². The van der Waals surface area contributed by atoms with Gasteiger partial charge in [-0.3, -0.25) is 9.59 Å². The van der Waals surface area contributed by atoms with Crippen molar-refractivity contribution in [2.24, 2.45) is 11.8 Å². The average Bonchev–Trinajstić information content (AvgIpc) is 3.28. The number of hydrogen-bond acceptors (Lipinski definition) is 7. The van der Waals surface area contributed by atoms with Crippen LogP contribution in [0.1, 0.15) is 119 Å². The molecule has 0 radical (unpaired) electrons. The molecule has 0 unspecified atom stereocenters. The van der Waals surface area contributed by atoms with Gasteiger partial charge in [0, 0.05) is 49.5 Å². The topological polar surface area (TPSA) is 126 Å². The number of aromatic nitrogens is 2. The molecule has 2 atom stereocenters. The molecule has 4 aromatic carbocycles. The van der Waals surface area contributed by atoms with Crippen LogP contribution in [0.3, 0.4) is 0 Å². The second kappa shape index (κ2) is 22.1. The first-order valence-corrected chi connectivity index (χ1v) is 26.3. The number of esters is 1. The van der Waals surface area contributed by atoms with Gasteiger partial charge >= 0.3 is 11.9 Å². The molecule has 2 aromatic heterocycles. The van der Waals surface area contributed by atoms with Crippen LogP contribution >= 0.6 is 23.2 Å². The van der Waals surface area contributed by atoms with Crippen LogP contribution in [-0.4, -0.2) is 54.8 Å². The van der Waals surface area contributed by atoms with Crippen molar-refractivity contribution in [1.82, 2.24) is 9.13 Å². The molecular formula is C53H61Cl2F3N2O8Si. The maximum atomic E-state index is 15.5. The maximum Gasteiger partial charge on any atom is 0.343 e. The van der Waals surface area contributed by atoms with Crippen molar-refractivity contribution in [3.05, 3.63) is 154 Å². The van der Waals surface area contributed by atoms with E-state index in [9.17, 15) is 33.1 Å². The van der Waals surface area contributed by atoms with Crippen molar-refractivity contribution in [2.45, 2.75) is 105 Å². The molecule has 0 amide bonds. The average molecular weight is 1010 g/mol. The van der Waals surface area contributed by atoms with Crippen LogP contribution in [0, 0.1) is 29.3 Å². The van der Waals surface area contributed by atoms with Crippen molar-refractivity contribution in [3.8, 4) is 5.75 Å². The number of carboxylic acid groups (broad SMARTS) is 1. The predicted octanol–water partition coefficient (Wildman–Crippen LogP) is 13.2. The van der Waals surface area contributed by atoms with Gasteiger partial charge < -0.3 is 28.1 Å². The fourth-order valence-corrected chi connectivity index (χ4v) is 8.97. The molecule has 69 heavy (non-hydrogen) atoms. The quantitative estimate of drug-likeness (QED) is 0.0796. The summed E-state index contributed by atoms with van der Waals surface area (Å²) in [7, 11) is -0.663. The largest absolute Gasteiger partial charge is 0.496 e. The Bertz CT molecular complexity index is 3040. The number of carboxylic acids is 1. The molecule has 370 valence electrons. The van der Waals surface area contributed by atoms with Gasteiger partial charge in [-0.15, -0.1) is 0 Å². The highest BCUT2D eigenvalue weighted by Crippen LogP contribution is 2.38. The van der Waals surface area contributed by atoms with Gasteiger partial charge in [-0.05, 0) is 96.4 Å². The molecule has 2 heterocycles. The maximum absolute atomic E-state index is 15.5. The number of rotatable bonds is 15. The molecule has 0 bridgehead atoms. The van der Waals surface area contributed by atoms with Crippen LogP contribution in [0.5, 0.6) is 5.75 Å². The highest BCUT2D eigenvalue weighted by molar-refractivity contribution is 6.74. The van der Waals surface area contributed by atoms with Crippen molar-refractivity contribution in [1.29, 1.82) is 0 Å². The lowest BCUT2D eigenvalue weighted by molar-refractivity contribution is 0.0522. The predicted molar refractivity (Wildman–Crippen MR) is 271 cm³/mol. The second-order valence-corrected chi connectivity index (χ2v) is 24.8. The van der Waals surface area contributed by atoms with E-state index in [1.165, 1.54) is 49.8 Å². The minimum atomic E-state index is -2.13. The third kappa shape index (κ3) is 12.0. The third-order valence-corrected chi connectivity index (χ3v) is 17.9. The van der Waals surface area contributed by atoms with Gasteiger partial charge in [0.1, 0.15) is 34.3 Å². The van der Waals surface area contributed by atoms with E-state index in [4.69, 9.17) is 38.5 Å². The van der Waals surface area contributed by atoms with Gasteiger partial charge in [0.2, 0.25) is 10.9 Å². The number of hydrogen-bond donors (Lipinski definition) is 1. The van der Waals surface area contributed by atoms with Crippen molar-refractivity contribution in [2.75, 3.05) is 20.3 Å². The molecule has 1 N–H and O–H groups in total. The summed E-state index contributed by atoms with van der Waals surface area (Å²) in [6.07, 6.45) is 2.74. The van der Waals surface area contributed by atoms with E-state index in [-0.39, 0.29) is 98.4 Å².